The summed E-state index contributed by atoms with van der Waals surface area (Å²) in [7, 11) is 0. The number of hydrogen-bond acceptors (Lipinski definition) is 7. The molecule has 1 saturated carbocycles. The van der Waals surface area contributed by atoms with Gasteiger partial charge in [0, 0.05) is 61.7 Å². The van der Waals surface area contributed by atoms with Crippen molar-refractivity contribution in [3.05, 3.63) is 64.3 Å². The van der Waals surface area contributed by atoms with Crippen LogP contribution in [0.15, 0.2) is 36.4 Å². The Bertz CT molecular complexity index is 1380. The average Bonchev–Trinajstić information content (AvgIpc) is 3.15. The van der Waals surface area contributed by atoms with E-state index in [9.17, 15) is 4.39 Å². The Morgan fingerprint density at radius 3 is 2.73 bits per heavy atom. The van der Waals surface area contributed by atoms with Crippen molar-refractivity contribution in [2.75, 3.05) is 44.3 Å². The van der Waals surface area contributed by atoms with E-state index in [1.807, 2.05) is 18.2 Å². The Labute approximate surface area is 220 Å². The van der Waals surface area contributed by atoms with Crippen LogP contribution < -0.4 is 4.90 Å². The van der Waals surface area contributed by atoms with Crippen LogP contribution >= 0.6 is 11.6 Å². The molecule has 0 N–H and O–H groups in total. The van der Waals surface area contributed by atoms with Gasteiger partial charge in [0.05, 0.1) is 12.2 Å². The van der Waals surface area contributed by atoms with Crippen molar-refractivity contribution in [1.82, 2.24) is 29.5 Å². The molecule has 2 aromatic heterocycles. The van der Waals surface area contributed by atoms with Crippen LogP contribution in [0.2, 0.25) is 5.02 Å². The number of rotatable bonds is 5. The van der Waals surface area contributed by atoms with E-state index in [0.29, 0.717) is 24.2 Å². The first kappa shape index (κ1) is 23.1. The van der Waals surface area contributed by atoms with Gasteiger partial charge in [-0.3, -0.25) is 14.4 Å². The zero-order chi connectivity index (χ0) is 25.1. The van der Waals surface area contributed by atoms with Crippen LogP contribution in [0.3, 0.4) is 0 Å². The molecule has 0 bridgehead atoms. The van der Waals surface area contributed by atoms with Gasteiger partial charge in [-0.15, -0.1) is 10.2 Å². The third kappa shape index (κ3) is 3.90. The number of pyridine rings is 1. The standard InChI is InChI=1S/C27H28ClFN8/c28-20-4-5-23-18(8-20)12-35(22-13-34(14-22)7-6-29)15-25-32-33-26(37(23)25)19-9-27(10-19)16-36(17-27)24-3-1-2-21(11-30)31-24/h1-5,8,19,22H,6-7,9-10,12-17H2. The highest BCUT2D eigenvalue weighted by Gasteiger charge is 2.54. The molecule has 3 fully saturated rings. The lowest BCUT2D eigenvalue weighted by Crippen LogP contribution is -2.62. The van der Waals surface area contributed by atoms with Crippen LogP contribution in [0.5, 0.6) is 0 Å². The number of aromatic nitrogens is 4. The zero-order valence-corrected chi connectivity index (χ0v) is 21.3. The van der Waals surface area contributed by atoms with Crippen LogP contribution in [-0.2, 0) is 13.1 Å². The molecule has 2 saturated heterocycles. The molecule has 1 spiro atoms. The molecule has 37 heavy (non-hydrogen) atoms. The Hall–Kier alpha value is -3.06. The van der Waals surface area contributed by atoms with Gasteiger partial charge in [0.2, 0.25) is 0 Å². The van der Waals surface area contributed by atoms with Crippen molar-refractivity contribution in [1.29, 1.82) is 5.26 Å². The first-order valence-electron chi connectivity index (χ1n) is 12.9. The lowest BCUT2D eigenvalue weighted by atomic mass is 9.57. The minimum absolute atomic E-state index is 0.285. The van der Waals surface area contributed by atoms with Crippen LogP contribution in [0.1, 0.15) is 41.7 Å². The van der Waals surface area contributed by atoms with Gasteiger partial charge >= 0.3 is 0 Å². The largest absolute Gasteiger partial charge is 0.355 e. The molecule has 7 rings (SSSR count). The summed E-state index contributed by atoms with van der Waals surface area (Å²) >= 11 is 6.42. The molecule has 10 heteroatoms. The second kappa shape index (κ2) is 8.76. The normalized spacial score (nSPS) is 21.4. The minimum Gasteiger partial charge on any atom is -0.355 e. The van der Waals surface area contributed by atoms with Crippen LogP contribution in [0, 0.1) is 16.7 Å². The van der Waals surface area contributed by atoms with E-state index in [1.165, 1.54) is 5.56 Å². The molecule has 3 aliphatic heterocycles. The lowest BCUT2D eigenvalue weighted by molar-refractivity contribution is 0.0203. The van der Waals surface area contributed by atoms with Crippen molar-refractivity contribution < 1.29 is 4.39 Å². The number of alkyl halides is 1. The molecule has 0 unspecified atom stereocenters. The highest BCUT2D eigenvalue weighted by atomic mass is 35.5. The molecule has 3 aromatic rings. The van der Waals surface area contributed by atoms with E-state index in [4.69, 9.17) is 22.0 Å². The monoisotopic (exact) mass is 518 g/mol. The Kier molecular flexibility index (Phi) is 5.47. The summed E-state index contributed by atoms with van der Waals surface area (Å²) in [6.45, 7) is 5.42. The molecule has 0 atom stereocenters. The van der Waals surface area contributed by atoms with Crippen LogP contribution in [-0.4, -0.2) is 75.0 Å². The SMILES string of the molecule is N#Cc1cccc(N2CC3(CC(c4nnc5n4-c4ccc(Cl)cc4CN(C4CN(CCF)C4)C5)C3)C2)n1. The van der Waals surface area contributed by atoms with E-state index < -0.39 is 0 Å². The Morgan fingerprint density at radius 2 is 1.95 bits per heavy atom. The van der Waals surface area contributed by atoms with Gasteiger partial charge in [-0.1, -0.05) is 17.7 Å². The van der Waals surface area contributed by atoms with Crippen LogP contribution in [0.4, 0.5) is 10.2 Å². The number of anilines is 1. The quantitative estimate of drug-likeness (QED) is 0.511. The molecular weight excluding hydrogens is 491 g/mol. The summed E-state index contributed by atoms with van der Waals surface area (Å²) in [5.41, 5.74) is 3.05. The van der Waals surface area contributed by atoms with E-state index in [0.717, 1.165) is 80.3 Å². The zero-order valence-electron chi connectivity index (χ0n) is 20.5. The Morgan fingerprint density at radius 1 is 1.11 bits per heavy atom. The van der Waals surface area contributed by atoms with Crippen molar-refractivity contribution >= 4 is 17.4 Å². The van der Waals surface area contributed by atoms with Crippen LogP contribution in [0.25, 0.3) is 5.69 Å². The number of hydrogen-bond donors (Lipinski definition) is 0. The Balaban J connectivity index is 1.10. The van der Waals surface area contributed by atoms with Crippen molar-refractivity contribution in [3.8, 4) is 11.8 Å². The maximum atomic E-state index is 12.8. The number of nitriles is 1. The van der Waals surface area contributed by atoms with Crippen molar-refractivity contribution in [2.24, 2.45) is 5.41 Å². The molecular formula is C27H28ClFN8. The maximum absolute atomic E-state index is 12.8. The third-order valence-corrected chi connectivity index (χ3v) is 8.80. The van der Waals surface area contributed by atoms with Gasteiger partial charge in [0.1, 0.15) is 30.1 Å². The van der Waals surface area contributed by atoms with E-state index >= 15 is 0 Å². The summed E-state index contributed by atoms with van der Waals surface area (Å²) in [4.78, 5) is 11.3. The number of nitrogens with zero attached hydrogens (tertiary/aromatic N) is 8. The molecule has 5 heterocycles. The molecule has 1 aromatic carbocycles. The summed E-state index contributed by atoms with van der Waals surface area (Å²) in [5, 5.41) is 19.3. The summed E-state index contributed by atoms with van der Waals surface area (Å²) in [5.74, 6) is 3.26. The van der Waals surface area contributed by atoms with Gasteiger partial charge < -0.3 is 4.90 Å². The number of halogens is 2. The summed E-state index contributed by atoms with van der Waals surface area (Å²) < 4.78 is 15.0. The fourth-order valence-electron chi connectivity index (χ4n) is 6.66. The van der Waals surface area contributed by atoms with Gasteiger partial charge in [0.25, 0.3) is 0 Å². The van der Waals surface area contributed by atoms with E-state index in [-0.39, 0.29) is 12.1 Å². The topological polar surface area (TPSA) is 77.1 Å². The second-order valence-electron chi connectivity index (χ2n) is 11.0. The molecule has 0 radical (unpaired) electrons. The van der Waals surface area contributed by atoms with Gasteiger partial charge in [-0.05, 0) is 48.7 Å². The summed E-state index contributed by atoms with van der Waals surface area (Å²) in [6, 6.07) is 14.2. The van der Waals surface area contributed by atoms with Gasteiger partial charge in [-0.2, -0.15) is 5.26 Å². The minimum atomic E-state index is -0.299. The summed E-state index contributed by atoms with van der Waals surface area (Å²) in [6.07, 6.45) is 2.15. The van der Waals surface area contributed by atoms with Crippen molar-refractivity contribution in [3.63, 3.8) is 0 Å². The van der Waals surface area contributed by atoms with Crippen molar-refractivity contribution in [2.45, 2.75) is 37.9 Å². The highest BCUT2D eigenvalue weighted by Crippen LogP contribution is 2.56. The number of fused-ring (bicyclic) bond motifs is 3. The van der Waals surface area contributed by atoms with Gasteiger partial charge in [-0.25, -0.2) is 9.37 Å². The molecule has 1 aliphatic carbocycles. The first-order chi connectivity index (χ1) is 18.0. The first-order valence-corrected chi connectivity index (χ1v) is 13.3. The average molecular weight is 519 g/mol. The number of benzene rings is 1. The molecule has 190 valence electrons. The lowest BCUT2D eigenvalue weighted by Gasteiger charge is -2.59. The molecule has 4 aliphatic rings. The molecule has 0 amide bonds. The van der Waals surface area contributed by atoms with E-state index in [1.54, 1.807) is 6.07 Å². The smallest absolute Gasteiger partial charge is 0.151 e. The second-order valence-corrected chi connectivity index (χ2v) is 11.5. The fraction of sp³-hybridized carbons (Fsp3) is 0.481. The van der Waals surface area contributed by atoms with E-state index in [2.05, 4.69) is 47.6 Å². The predicted molar refractivity (Wildman–Crippen MR) is 137 cm³/mol. The fourth-order valence-corrected chi connectivity index (χ4v) is 6.86. The maximum Gasteiger partial charge on any atom is 0.151 e. The molecule has 8 nitrogen and oxygen atoms in total. The van der Waals surface area contributed by atoms with Gasteiger partial charge in [0.15, 0.2) is 5.82 Å². The third-order valence-electron chi connectivity index (χ3n) is 8.56. The highest BCUT2D eigenvalue weighted by molar-refractivity contribution is 6.30. The predicted octanol–water partition coefficient (Wildman–Crippen LogP) is 3.54. The number of likely N-dealkylation sites (tertiary alicyclic amines) is 1.